The van der Waals surface area contributed by atoms with Crippen LogP contribution in [0.1, 0.15) is 70.2 Å². The molecule has 0 spiro atoms. The van der Waals surface area contributed by atoms with E-state index < -0.39 is 29.6 Å². The van der Waals surface area contributed by atoms with E-state index >= 15 is 0 Å². The molecule has 5 N–H and O–H groups in total. The van der Waals surface area contributed by atoms with Gasteiger partial charge in [-0.15, -0.1) is 0 Å². The topological polar surface area (TPSA) is 115 Å². The normalized spacial score (nSPS) is 17.3. The van der Waals surface area contributed by atoms with E-state index in [-0.39, 0.29) is 22.5 Å². The number of aromatic nitrogens is 2. The molecule has 2 heterocycles. The van der Waals surface area contributed by atoms with Crippen molar-refractivity contribution in [2.45, 2.75) is 57.0 Å². The van der Waals surface area contributed by atoms with Gasteiger partial charge in [0.2, 0.25) is 0 Å². The van der Waals surface area contributed by atoms with Crippen LogP contribution in [-0.4, -0.2) is 20.9 Å². The lowest BCUT2D eigenvalue weighted by Gasteiger charge is -2.23. The summed E-state index contributed by atoms with van der Waals surface area (Å²) in [6.07, 6.45) is -5.89. The lowest BCUT2D eigenvalue weighted by molar-refractivity contribution is -0.138. The third-order valence-corrected chi connectivity index (χ3v) is 7.22. The van der Waals surface area contributed by atoms with E-state index in [0.29, 0.717) is 71.1 Å². The first-order chi connectivity index (χ1) is 18.8. The number of fused-ring (bicyclic) bond motifs is 4. The van der Waals surface area contributed by atoms with Crippen molar-refractivity contribution in [2.75, 3.05) is 11.5 Å². The van der Waals surface area contributed by atoms with Crippen LogP contribution >= 0.6 is 0 Å². The molecule has 0 saturated heterocycles. The SMILES string of the molecule is Nc1c2c(nc3cc(C(F)(F)F)ccc13)CCCC2=O.Nc1c2c(nc3cc(C(F)(F)F)ccc13)CCCC2O. The van der Waals surface area contributed by atoms with Crippen LogP contribution in [0.2, 0.25) is 0 Å². The fourth-order valence-corrected chi connectivity index (χ4v) is 5.26. The smallest absolute Gasteiger partial charge is 0.398 e. The highest BCUT2D eigenvalue weighted by Crippen LogP contribution is 2.39. The number of pyridine rings is 2. The van der Waals surface area contributed by atoms with E-state index in [0.717, 1.165) is 30.7 Å². The van der Waals surface area contributed by atoms with Gasteiger partial charge in [-0.25, -0.2) is 0 Å². The molecule has 40 heavy (non-hydrogen) atoms. The number of nitrogens with zero attached hydrogens (tertiary/aromatic N) is 2. The molecule has 2 aliphatic rings. The molecule has 1 unspecified atom stereocenters. The Balaban J connectivity index is 0.000000161. The molecule has 210 valence electrons. The monoisotopic (exact) mass is 562 g/mol. The summed E-state index contributed by atoms with van der Waals surface area (Å²) in [5.41, 5.74) is 13.5. The first-order valence-electron chi connectivity index (χ1n) is 12.6. The van der Waals surface area contributed by atoms with Crippen molar-refractivity contribution in [1.29, 1.82) is 0 Å². The summed E-state index contributed by atoms with van der Waals surface area (Å²) in [4.78, 5) is 20.3. The number of carbonyl (C=O) groups is 1. The maximum absolute atomic E-state index is 12.7. The van der Waals surface area contributed by atoms with Gasteiger partial charge < -0.3 is 16.6 Å². The van der Waals surface area contributed by atoms with Crippen molar-refractivity contribution in [2.24, 2.45) is 0 Å². The first-order valence-corrected chi connectivity index (χ1v) is 12.6. The van der Waals surface area contributed by atoms with Gasteiger partial charge >= 0.3 is 12.4 Å². The summed E-state index contributed by atoms with van der Waals surface area (Å²) >= 11 is 0. The number of anilines is 2. The number of aliphatic hydroxyl groups excluding tert-OH is 1. The van der Waals surface area contributed by atoms with Crippen molar-refractivity contribution < 1.29 is 36.2 Å². The van der Waals surface area contributed by atoms with Crippen LogP contribution < -0.4 is 11.5 Å². The molecule has 2 aromatic carbocycles. The minimum atomic E-state index is -4.42. The largest absolute Gasteiger partial charge is 0.416 e. The summed E-state index contributed by atoms with van der Waals surface area (Å²) < 4.78 is 76.3. The van der Waals surface area contributed by atoms with E-state index in [1.165, 1.54) is 12.1 Å². The number of hydrogen-bond donors (Lipinski definition) is 3. The van der Waals surface area contributed by atoms with Crippen LogP contribution in [0.15, 0.2) is 36.4 Å². The Morgan fingerprint density at radius 3 is 1.85 bits per heavy atom. The predicted molar refractivity (Wildman–Crippen MR) is 137 cm³/mol. The number of nitrogen functional groups attached to an aromatic ring is 2. The minimum Gasteiger partial charge on any atom is -0.398 e. The second-order valence-corrected chi connectivity index (χ2v) is 9.88. The summed E-state index contributed by atoms with van der Waals surface area (Å²) in [5, 5.41) is 10.8. The Labute approximate surface area is 224 Å². The Morgan fingerprint density at radius 2 is 1.27 bits per heavy atom. The number of rotatable bonds is 0. The van der Waals surface area contributed by atoms with E-state index in [9.17, 15) is 36.2 Å². The Bertz CT molecular complexity index is 1650. The average Bonchev–Trinajstić information content (AvgIpc) is 2.87. The number of hydrogen-bond acceptors (Lipinski definition) is 6. The zero-order valence-corrected chi connectivity index (χ0v) is 21.0. The van der Waals surface area contributed by atoms with Crippen LogP contribution in [0.25, 0.3) is 21.8 Å². The van der Waals surface area contributed by atoms with Gasteiger partial charge in [0.05, 0.1) is 45.2 Å². The number of halogens is 6. The molecule has 6 nitrogen and oxygen atoms in total. The number of benzene rings is 2. The second-order valence-electron chi connectivity index (χ2n) is 9.88. The van der Waals surface area contributed by atoms with Gasteiger partial charge in [-0.2, -0.15) is 26.3 Å². The fourth-order valence-electron chi connectivity index (χ4n) is 5.26. The van der Waals surface area contributed by atoms with Gasteiger partial charge in [0.15, 0.2) is 5.78 Å². The highest BCUT2D eigenvalue weighted by atomic mass is 19.4. The molecule has 0 radical (unpaired) electrons. The molecule has 1 atom stereocenters. The number of Topliss-reactive ketones (excluding diaryl/α,β-unsaturated/α-hetero) is 1. The highest BCUT2D eigenvalue weighted by Gasteiger charge is 2.33. The fraction of sp³-hybridized carbons (Fsp3) is 0.321. The van der Waals surface area contributed by atoms with Gasteiger partial charge in [0, 0.05) is 34.1 Å². The average molecular weight is 563 g/mol. The van der Waals surface area contributed by atoms with Gasteiger partial charge in [0.25, 0.3) is 0 Å². The zero-order chi connectivity index (χ0) is 29.0. The third-order valence-electron chi connectivity index (χ3n) is 7.22. The molecule has 6 rings (SSSR count). The summed E-state index contributed by atoms with van der Waals surface area (Å²) in [6.45, 7) is 0. The van der Waals surface area contributed by atoms with E-state index in [1.54, 1.807) is 0 Å². The standard InChI is InChI=1S/C14H13F3N2O.C14H11F3N2O/c2*15-14(16,17)7-4-5-8-10(6-7)19-9-2-1-3-11(20)12(9)13(8)18/h4-6,11,20H,1-3H2,(H2,18,19);4-6H,1-3H2,(H2,18,19). The van der Waals surface area contributed by atoms with Crippen molar-refractivity contribution in [1.82, 2.24) is 9.97 Å². The second kappa shape index (κ2) is 9.92. The van der Waals surface area contributed by atoms with Crippen LogP contribution in [0.3, 0.4) is 0 Å². The Morgan fingerprint density at radius 1 is 0.750 bits per heavy atom. The number of aliphatic hydroxyl groups is 1. The number of carbonyl (C=O) groups excluding carboxylic acids is 1. The number of nitrogens with two attached hydrogens (primary N) is 2. The molecule has 12 heteroatoms. The maximum atomic E-state index is 12.7. The number of alkyl halides is 6. The Kier molecular flexibility index (Phi) is 6.85. The number of aryl methyl sites for hydroxylation is 2. The third kappa shape index (κ3) is 5.03. The van der Waals surface area contributed by atoms with E-state index in [4.69, 9.17) is 11.5 Å². The first kappa shape index (κ1) is 27.6. The lowest BCUT2D eigenvalue weighted by atomic mass is 9.90. The zero-order valence-electron chi connectivity index (χ0n) is 21.0. The quantitative estimate of drug-likeness (QED) is 0.209. The van der Waals surface area contributed by atoms with Crippen LogP contribution in [0.5, 0.6) is 0 Å². The van der Waals surface area contributed by atoms with Crippen LogP contribution in [-0.2, 0) is 25.2 Å². The van der Waals surface area contributed by atoms with Gasteiger partial charge in [-0.3, -0.25) is 14.8 Å². The van der Waals surface area contributed by atoms with Gasteiger partial charge in [0.1, 0.15) is 0 Å². The van der Waals surface area contributed by atoms with E-state index in [1.807, 2.05) is 0 Å². The van der Waals surface area contributed by atoms with Crippen LogP contribution in [0, 0.1) is 0 Å². The van der Waals surface area contributed by atoms with Crippen molar-refractivity contribution in [3.8, 4) is 0 Å². The minimum absolute atomic E-state index is 0.0851. The molecular weight excluding hydrogens is 538 g/mol. The Hall–Kier alpha value is -3.93. The number of ketones is 1. The molecule has 4 aromatic rings. The van der Waals surface area contributed by atoms with Crippen molar-refractivity contribution in [3.05, 3.63) is 70.0 Å². The van der Waals surface area contributed by atoms with E-state index in [2.05, 4.69) is 9.97 Å². The molecule has 2 aliphatic carbocycles. The summed E-state index contributed by atoms with van der Waals surface area (Å²) in [5.74, 6) is -0.0851. The predicted octanol–water partition coefficient (Wildman–Crippen LogP) is 6.56. The van der Waals surface area contributed by atoms with Gasteiger partial charge in [-0.05, 0) is 56.4 Å². The summed E-state index contributed by atoms with van der Waals surface area (Å²) in [6, 6.07) is 6.53. The molecule has 0 amide bonds. The molecule has 0 saturated carbocycles. The van der Waals surface area contributed by atoms with Gasteiger partial charge in [-0.1, -0.05) is 12.1 Å². The highest BCUT2D eigenvalue weighted by molar-refractivity contribution is 6.09. The maximum Gasteiger partial charge on any atom is 0.416 e. The molecule has 2 aromatic heterocycles. The molecule has 0 bridgehead atoms. The van der Waals surface area contributed by atoms with Crippen molar-refractivity contribution >= 4 is 39.0 Å². The molecule has 0 aliphatic heterocycles. The van der Waals surface area contributed by atoms with Crippen LogP contribution in [0.4, 0.5) is 37.7 Å². The van der Waals surface area contributed by atoms with Crippen molar-refractivity contribution in [3.63, 3.8) is 0 Å². The lowest BCUT2D eigenvalue weighted by Crippen LogP contribution is -2.16. The molecule has 0 fully saturated rings. The summed E-state index contributed by atoms with van der Waals surface area (Å²) in [7, 11) is 0. The molecular formula is C28H24F6N4O2.